The molecular formula is C16H14ClNO4. The molecule has 22 heavy (non-hydrogen) atoms. The SMILES string of the molecule is Cc1ccc(Cl)cc1-c1cnc(C(=O)CCC(=O)O)c(O)c1. The number of carbonyl (C=O) groups is 2. The largest absolute Gasteiger partial charge is 0.506 e. The Morgan fingerprint density at radius 2 is 1.95 bits per heavy atom. The highest BCUT2D eigenvalue weighted by Gasteiger charge is 2.16. The Morgan fingerprint density at radius 1 is 1.23 bits per heavy atom. The maximum Gasteiger partial charge on any atom is 0.303 e. The van der Waals surface area contributed by atoms with Gasteiger partial charge in [0.15, 0.2) is 5.78 Å². The molecule has 0 saturated carbocycles. The lowest BCUT2D eigenvalue weighted by molar-refractivity contribution is -0.136. The lowest BCUT2D eigenvalue weighted by atomic mass is 10.0. The summed E-state index contributed by atoms with van der Waals surface area (Å²) < 4.78 is 0. The lowest BCUT2D eigenvalue weighted by Gasteiger charge is -2.09. The van der Waals surface area contributed by atoms with Crippen molar-refractivity contribution in [3.63, 3.8) is 0 Å². The van der Waals surface area contributed by atoms with Gasteiger partial charge in [0.05, 0.1) is 6.42 Å². The molecule has 0 aliphatic heterocycles. The summed E-state index contributed by atoms with van der Waals surface area (Å²) >= 11 is 5.97. The van der Waals surface area contributed by atoms with E-state index in [0.29, 0.717) is 10.6 Å². The number of ketones is 1. The van der Waals surface area contributed by atoms with Gasteiger partial charge in [-0.2, -0.15) is 0 Å². The molecule has 2 rings (SSSR count). The Balaban J connectivity index is 2.32. The van der Waals surface area contributed by atoms with E-state index in [1.165, 1.54) is 12.3 Å². The van der Waals surface area contributed by atoms with Gasteiger partial charge < -0.3 is 10.2 Å². The third-order valence-electron chi connectivity index (χ3n) is 3.21. The number of nitrogens with zero attached hydrogens (tertiary/aromatic N) is 1. The number of hydrogen-bond acceptors (Lipinski definition) is 4. The summed E-state index contributed by atoms with van der Waals surface area (Å²) in [6.07, 6.45) is 0.965. The Kier molecular flexibility index (Phi) is 4.78. The van der Waals surface area contributed by atoms with E-state index in [1.54, 1.807) is 12.1 Å². The van der Waals surface area contributed by atoms with Gasteiger partial charge in [-0.25, -0.2) is 4.98 Å². The molecule has 2 N–H and O–H groups in total. The van der Waals surface area contributed by atoms with Crippen molar-refractivity contribution in [2.75, 3.05) is 0 Å². The van der Waals surface area contributed by atoms with Gasteiger partial charge in [0.25, 0.3) is 0 Å². The number of carboxylic acid groups (broad SMARTS) is 1. The molecule has 1 aromatic carbocycles. The third-order valence-corrected chi connectivity index (χ3v) is 3.44. The maximum atomic E-state index is 11.8. The molecule has 6 heteroatoms. The van der Waals surface area contributed by atoms with Crippen LogP contribution < -0.4 is 0 Å². The highest BCUT2D eigenvalue weighted by molar-refractivity contribution is 6.30. The van der Waals surface area contributed by atoms with E-state index in [-0.39, 0.29) is 24.3 Å². The monoisotopic (exact) mass is 319 g/mol. The van der Waals surface area contributed by atoms with Gasteiger partial charge >= 0.3 is 5.97 Å². The third kappa shape index (κ3) is 3.62. The van der Waals surface area contributed by atoms with Crippen LogP contribution in [0.4, 0.5) is 0 Å². The quantitative estimate of drug-likeness (QED) is 0.824. The van der Waals surface area contributed by atoms with Crippen LogP contribution in [0.3, 0.4) is 0 Å². The molecule has 0 bridgehead atoms. The summed E-state index contributed by atoms with van der Waals surface area (Å²) in [5.74, 6) is -1.85. The van der Waals surface area contributed by atoms with Crippen molar-refractivity contribution in [1.29, 1.82) is 0 Å². The Bertz CT molecular complexity index is 743. The highest BCUT2D eigenvalue weighted by atomic mass is 35.5. The molecular weight excluding hydrogens is 306 g/mol. The first-order chi connectivity index (χ1) is 10.4. The number of benzene rings is 1. The summed E-state index contributed by atoms with van der Waals surface area (Å²) in [6.45, 7) is 1.90. The molecule has 0 saturated heterocycles. The molecule has 0 atom stereocenters. The average molecular weight is 320 g/mol. The number of carbonyl (C=O) groups excluding carboxylic acids is 1. The predicted molar refractivity (Wildman–Crippen MR) is 82.3 cm³/mol. The molecule has 1 aromatic heterocycles. The van der Waals surface area contributed by atoms with Crippen molar-refractivity contribution in [2.45, 2.75) is 19.8 Å². The number of aromatic nitrogens is 1. The van der Waals surface area contributed by atoms with Crippen molar-refractivity contribution in [3.8, 4) is 16.9 Å². The maximum absolute atomic E-state index is 11.8. The molecule has 1 heterocycles. The minimum absolute atomic E-state index is 0.121. The Labute approximate surface area is 132 Å². The van der Waals surface area contributed by atoms with Crippen LogP contribution in [0.15, 0.2) is 30.5 Å². The van der Waals surface area contributed by atoms with Crippen LogP contribution >= 0.6 is 11.6 Å². The second-order valence-corrected chi connectivity index (χ2v) is 5.30. The number of halogens is 1. The molecule has 0 radical (unpaired) electrons. The zero-order valence-corrected chi connectivity index (χ0v) is 12.6. The minimum Gasteiger partial charge on any atom is -0.506 e. The number of aliphatic carboxylic acids is 1. The second-order valence-electron chi connectivity index (χ2n) is 4.87. The number of aromatic hydroxyl groups is 1. The zero-order valence-electron chi connectivity index (χ0n) is 11.8. The molecule has 0 unspecified atom stereocenters. The van der Waals surface area contributed by atoms with Crippen molar-refractivity contribution < 1.29 is 19.8 Å². The Hall–Kier alpha value is -2.40. The van der Waals surface area contributed by atoms with Crippen molar-refractivity contribution in [2.24, 2.45) is 0 Å². The fourth-order valence-corrected chi connectivity index (χ4v) is 2.23. The van der Waals surface area contributed by atoms with Crippen LogP contribution in [-0.2, 0) is 4.79 Å². The van der Waals surface area contributed by atoms with E-state index in [1.807, 2.05) is 13.0 Å². The van der Waals surface area contributed by atoms with Gasteiger partial charge in [-0.05, 0) is 36.2 Å². The smallest absolute Gasteiger partial charge is 0.303 e. The number of rotatable bonds is 5. The summed E-state index contributed by atoms with van der Waals surface area (Å²) in [5.41, 5.74) is 2.27. The molecule has 0 fully saturated rings. The number of hydrogen-bond donors (Lipinski definition) is 2. The van der Waals surface area contributed by atoms with E-state index in [2.05, 4.69) is 4.98 Å². The van der Waals surface area contributed by atoms with Gasteiger partial charge in [-0.15, -0.1) is 0 Å². The Morgan fingerprint density at radius 3 is 2.59 bits per heavy atom. The predicted octanol–water partition coefficient (Wildman–Crippen LogP) is 3.46. The number of pyridine rings is 1. The summed E-state index contributed by atoms with van der Waals surface area (Å²) in [4.78, 5) is 26.3. The summed E-state index contributed by atoms with van der Waals surface area (Å²) in [5, 5.41) is 19.1. The van der Waals surface area contributed by atoms with E-state index in [4.69, 9.17) is 16.7 Å². The second kappa shape index (κ2) is 6.58. The van der Waals surface area contributed by atoms with E-state index >= 15 is 0 Å². The van der Waals surface area contributed by atoms with Crippen molar-refractivity contribution >= 4 is 23.4 Å². The topological polar surface area (TPSA) is 87.5 Å². The number of carboxylic acids is 1. The van der Waals surface area contributed by atoms with Crippen molar-refractivity contribution in [3.05, 3.63) is 46.7 Å². The fourth-order valence-electron chi connectivity index (χ4n) is 2.06. The first-order valence-electron chi connectivity index (χ1n) is 6.59. The molecule has 0 spiro atoms. The summed E-state index contributed by atoms with van der Waals surface area (Å²) in [7, 11) is 0. The lowest BCUT2D eigenvalue weighted by Crippen LogP contribution is -2.06. The number of Topliss-reactive ketones (excluding diaryl/α,β-unsaturated/α-hetero) is 1. The van der Waals surface area contributed by atoms with E-state index in [0.717, 1.165) is 11.1 Å². The summed E-state index contributed by atoms with van der Waals surface area (Å²) in [6, 6.07) is 6.79. The fraction of sp³-hybridized carbons (Fsp3) is 0.188. The highest BCUT2D eigenvalue weighted by Crippen LogP contribution is 2.29. The van der Waals surface area contributed by atoms with Gasteiger partial charge in [0.1, 0.15) is 11.4 Å². The van der Waals surface area contributed by atoms with Gasteiger partial charge in [-0.3, -0.25) is 9.59 Å². The number of aryl methyl sites for hydroxylation is 1. The average Bonchev–Trinajstić information content (AvgIpc) is 2.47. The van der Waals surface area contributed by atoms with Crippen LogP contribution in [0, 0.1) is 6.92 Å². The molecule has 5 nitrogen and oxygen atoms in total. The first-order valence-corrected chi connectivity index (χ1v) is 6.97. The molecule has 114 valence electrons. The van der Waals surface area contributed by atoms with Crippen molar-refractivity contribution in [1.82, 2.24) is 4.98 Å². The van der Waals surface area contributed by atoms with Crippen LogP contribution in [0.25, 0.3) is 11.1 Å². The molecule has 0 aliphatic carbocycles. The first kappa shape index (κ1) is 16.0. The minimum atomic E-state index is -1.07. The van der Waals surface area contributed by atoms with Crippen LogP contribution in [-0.4, -0.2) is 26.9 Å². The van der Waals surface area contributed by atoms with Gasteiger partial charge in [0, 0.05) is 23.2 Å². The van der Waals surface area contributed by atoms with Gasteiger partial charge in [0.2, 0.25) is 0 Å². The zero-order chi connectivity index (χ0) is 16.3. The van der Waals surface area contributed by atoms with Crippen LogP contribution in [0.2, 0.25) is 5.02 Å². The van der Waals surface area contributed by atoms with E-state index < -0.39 is 11.8 Å². The van der Waals surface area contributed by atoms with E-state index in [9.17, 15) is 14.7 Å². The van der Waals surface area contributed by atoms with Gasteiger partial charge in [-0.1, -0.05) is 17.7 Å². The molecule has 0 amide bonds. The van der Waals surface area contributed by atoms with Crippen LogP contribution in [0.1, 0.15) is 28.9 Å². The standard InChI is InChI=1S/C16H14ClNO4/c1-9-2-3-11(17)7-12(9)10-6-14(20)16(18-8-10)13(19)4-5-15(21)22/h2-3,6-8,20H,4-5H2,1H3,(H,21,22). The normalized spacial score (nSPS) is 10.5. The molecule has 0 aliphatic rings. The molecule has 2 aromatic rings. The van der Waals surface area contributed by atoms with Crippen LogP contribution in [0.5, 0.6) is 5.75 Å².